The predicted octanol–water partition coefficient (Wildman–Crippen LogP) is 2.93. The van der Waals surface area contributed by atoms with E-state index in [2.05, 4.69) is 10.1 Å². The van der Waals surface area contributed by atoms with Crippen molar-refractivity contribution in [3.63, 3.8) is 0 Å². The molecule has 0 saturated heterocycles. The molecule has 0 aliphatic rings. The number of nitrogens with zero attached hydrogens (tertiary/aromatic N) is 1. The third kappa shape index (κ3) is 4.26. The van der Waals surface area contributed by atoms with Gasteiger partial charge >= 0.3 is 5.97 Å². The number of methoxy groups -OCH3 is 2. The van der Waals surface area contributed by atoms with E-state index in [9.17, 15) is 14.9 Å². The van der Waals surface area contributed by atoms with E-state index in [-0.39, 0.29) is 16.9 Å². The molecule has 0 fully saturated rings. The van der Waals surface area contributed by atoms with Gasteiger partial charge in [-0.15, -0.1) is 0 Å². The summed E-state index contributed by atoms with van der Waals surface area (Å²) < 4.78 is 15.0. The van der Waals surface area contributed by atoms with Gasteiger partial charge in [-0.1, -0.05) is 0 Å². The second-order valence-corrected chi connectivity index (χ2v) is 4.96. The first kappa shape index (κ1) is 17.8. The fourth-order valence-corrected chi connectivity index (χ4v) is 2.05. The van der Waals surface area contributed by atoms with Crippen LogP contribution in [0.5, 0.6) is 5.75 Å². The zero-order chi connectivity index (χ0) is 18.4. The highest BCUT2D eigenvalue weighted by atomic mass is 16.5. The summed E-state index contributed by atoms with van der Waals surface area (Å²) in [5.74, 6) is 0.0455. The van der Waals surface area contributed by atoms with Crippen molar-refractivity contribution in [3.8, 4) is 11.8 Å². The average molecular weight is 340 g/mol. The molecule has 0 atom stereocenters. The smallest absolute Gasteiger partial charge is 0.341 e. The first-order valence-electron chi connectivity index (χ1n) is 7.24. The highest BCUT2D eigenvalue weighted by molar-refractivity contribution is 6.09. The molecule has 1 heterocycles. The Balaban J connectivity index is 2.20. The summed E-state index contributed by atoms with van der Waals surface area (Å²) in [4.78, 5) is 23.8. The maximum Gasteiger partial charge on any atom is 0.341 e. The minimum Gasteiger partial charge on any atom is -0.497 e. The molecule has 2 aromatic rings. The van der Waals surface area contributed by atoms with Gasteiger partial charge in [0.2, 0.25) is 0 Å². The van der Waals surface area contributed by atoms with Crippen molar-refractivity contribution in [2.24, 2.45) is 0 Å². The van der Waals surface area contributed by atoms with Crippen molar-refractivity contribution in [1.82, 2.24) is 0 Å². The number of nitrogens with one attached hydrogen (secondary N) is 1. The minimum atomic E-state index is -0.596. The molecule has 0 aliphatic heterocycles. The summed E-state index contributed by atoms with van der Waals surface area (Å²) in [5.41, 5.74) is 0.584. The van der Waals surface area contributed by atoms with Crippen LogP contribution >= 0.6 is 0 Å². The number of carbonyl (C=O) groups excluding carboxylic acids is 2. The SMILES string of the molecule is COC(=O)c1cc(/C=C(\C#N)C(=O)Nc2ccc(OC)cc2)oc1C. The molecule has 0 unspecified atom stereocenters. The number of anilines is 1. The quantitative estimate of drug-likeness (QED) is 0.510. The third-order valence-corrected chi connectivity index (χ3v) is 3.34. The minimum absolute atomic E-state index is 0.166. The van der Waals surface area contributed by atoms with Crippen LogP contribution in [0, 0.1) is 18.3 Å². The van der Waals surface area contributed by atoms with Gasteiger partial charge in [0.05, 0.1) is 14.2 Å². The van der Waals surface area contributed by atoms with E-state index in [0.29, 0.717) is 17.2 Å². The number of hydrogen-bond acceptors (Lipinski definition) is 6. The highest BCUT2D eigenvalue weighted by Crippen LogP contribution is 2.19. The lowest BCUT2D eigenvalue weighted by Crippen LogP contribution is -2.13. The lowest BCUT2D eigenvalue weighted by atomic mass is 10.2. The second-order valence-electron chi connectivity index (χ2n) is 4.96. The van der Waals surface area contributed by atoms with Crippen LogP contribution in [0.4, 0.5) is 5.69 Å². The van der Waals surface area contributed by atoms with Crippen molar-refractivity contribution >= 4 is 23.6 Å². The van der Waals surface area contributed by atoms with Crippen LogP contribution in [0.15, 0.2) is 40.3 Å². The van der Waals surface area contributed by atoms with Gasteiger partial charge in [-0.05, 0) is 37.3 Å². The van der Waals surface area contributed by atoms with Crippen LogP contribution < -0.4 is 10.1 Å². The Morgan fingerprint density at radius 2 is 1.92 bits per heavy atom. The number of ether oxygens (including phenoxy) is 2. The number of esters is 1. The largest absolute Gasteiger partial charge is 0.497 e. The van der Waals surface area contributed by atoms with Crippen LogP contribution in [0.25, 0.3) is 6.08 Å². The van der Waals surface area contributed by atoms with Crippen molar-refractivity contribution in [2.75, 3.05) is 19.5 Å². The van der Waals surface area contributed by atoms with Crippen LogP contribution in [-0.4, -0.2) is 26.1 Å². The van der Waals surface area contributed by atoms with Crippen molar-refractivity contribution in [2.45, 2.75) is 6.92 Å². The highest BCUT2D eigenvalue weighted by Gasteiger charge is 2.16. The molecule has 2 rings (SSSR count). The fourth-order valence-electron chi connectivity index (χ4n) is 2.05. The zero-order valence-corrected chi connectivity index (χ0v) is 14.0. The molecule has 1 amide bonds. The van der Waals surface area contributed by atoms with Crippen LogP contribution in [0.1, 0.15) is 21.9 Å². The number of aryl methyl sites for hydroxylation is 1. The summed E-state index contributed by atoms with van der Waals surface area (Å²) >= 11 is 0. The summed E-state index contributed by atoms with van der Waals surface area (Å²) in [6.45, 7) is 1.59. The van der Waals surface area contributed by atoms with Crippen molar-refractivity contribution in [3.05, 3.63) is 53.0 Å². The first-order chi connectivity index (χ1) is 12.0. The Bertz CT molecular complexity index is 857. The predicted molar refractivity (Wildman–Crippen MR) is 90.0 cm³/mol. The fraction of sp³-hybridized carbons (Fsp3) is 0.167. The third-order valence-electron chi connectivity index (χ3n) is 3.34. The second kappa shape index (κ2) is 7.84. The molecule has 7 heteroatoms. The van der Waals surface area contributed by atoms with E-state index in [4.69, 9.17) is 9.15 Å². The molecule has 0 saturated carbocycles. The number of nitriles is 1. The Kier molecular flexibility index (Phi) is 5.58. The van der Waals surface area contributed by atoms with Gasteiger partial charge in [-0.25, -0.2) is 4.79 Å². The summed E-state index contributed by atoms with van der Waals surface area (Å²) in [5, 5.41) is 11.8. The number of amides is 1. The van der Waals surface area contributed by atoms with Gasteiger partial charge in [0.25, 0.3) is 5.91 Å². The molecule has 128 valence electrons. The first-order valence-corrected chi connectivity index (χ1v) is 7.24. The Morgan fingerprint density at radius 3 is 2.48 bits per heavy atom. The van der Waals surface area contributed by atoms with Crippen molar-refractivity contribution < 1.29 is 23.5 Å². The maximum absolute atomic E-state index is 12.2. The van der Waals surface area contributed by atoms with Gasteiger partial charge in [0, 0.05) is 11.8 Å². The van der Waals surface area contributed by atoms with Gasteiger partial charge < -0.3 is 19.2 Å². The van der Waals surface area contributed by atoms with E-state index in [1.54, 1.807) is 31.2 Å². The lowest BCUT2D eigenvalue weighted by Gasteiger charge is -2.05. The van der Waals surface area contributed by atoms with Gasteiger partial charge in [0.1, 0.15) is 34.5 Å². The van der Waals surface area contributed by atoms with E-state index < -0.39 is 11.9 Å². The maximum atomic E-state index is 12.2. The van der Waals surface area contributed by atoms with Crippen LogP contribution in [-0.2, 0) is 9.53 Å². The number of rotatable bonds is 5. The Hall–Kier alpha value is -3.53. The summed E-state index contributed by atoms with van der Waals surface area (Å²) in [6.07, 6.45) is 1.26. The molecule has 7 nitrogen and oxygen atoms in total. The standard InChI is InChI=1S/C18H16N2O5/c1-11-16(18(22)24-3)9-15(25-11)8-12(10-19)17(21)20-13-4-6-14(23-2)7-5-13/h4-9H,1-3H3,(H,20,21)/b12-8+. The molecule has 0 bridgehead atoms. The summed E-state index contributed by atoms with van der Waals surface area (Å²) in [7, 11) is 2.80. The number of benzene rings is 1. The molecule has 1 N–H and O–H groups in total. The number of hydrogen-bond donors (Lipinski definition) is 1. The van der Waals surface area contributed by atoms with Crippen LogP contribution in [0.2, 0.25) is 0 Å². The molecule has 1 aromatic heterocycles. The van der Waals surface area contributed by atoms with Crippen molar-refractivity contribution in [1.29, 1.82) is 5.26 Å². The molecule has 0 radical (unpaired) electrons. The molecule has 0 spiro atoms. The lowest BCUT2D eigenvalue weighted by molar-refractivity contribution is -0.112. The summed E-state index contributed by atoms with van der Waals surface area (Å²) in [6, 6.07) is 9.90. The number of carbonyl (C=O) groups is 2. The van der Waals surface area contributed by atoms with Gasteiger partial charge in [-0.2, -0.15) is 5.26 Å². The topological polar surface area (TPSA) is 102 Å². The van der Waals surface area contributed by atoms with E-state index >= 15 is 0 Å². The normalized spacial score (nSPS) is 10.7. The van der Waals surface area contributed by atoms with E-state index in [1.165, 1.54) is 26.4 Å². The molecular formula is C18H16N2O5. The van der Waals surface area contributed by atoms with Gasteiger partial charge in [-0.3, -0.25) is 4.79 Å². The monoisotopic (exact) mass is 340 g/mol. The Labute approximate surface area is 144 Å². The Morgan fingerprint density at radius 1 is 1.24 bits per heavy atom. The van der Waals surface area contributed by atoms with E-state index in [1.807, 2.05) is 6.07 Å². The van der Waals surface area contributed by atoms with E-state index in [0.717, 1.165) is 0 Å². The number of furan rings is 1. The molecule has 25 heavy (non-hydrogen) atoms. The molecule has 1 aromatic carbocycles. The van der Waals surface area contributed by atoms with Gasteiger partial charge in [0.15, 0.2) is 0 Å². The molecular weight excluding hydrogens is 324 g/mol. The van der Waals surface area contributed by atoms with Crippen LogP contribution in [0.3, 0.4) is 0 Å². The molecule has 0 aliphatic carbocycles. The average Bonchev–Trinajstić information content (AvgIpc) is 2.99. The zero-order valence-electron chi connectivity index (χ0n) is 14.0.